The number of aryl methyl sites for hydroxylation is 1. The molecule has 0 aliphatic carbocycles. The van der Waals surface area contributed by atoms with E-state index >= 15 is 0 Å². The Morgan fingerprint density at radius 3 is 2.63 bits per heavy atom. The first kappa shape index (κ1) is 19.7. The van der Waals surface area contributed by atoms with Crippen LogP contribution in [0.1, 0.15) is 18.5 Å². The van der Waals surface area contributed by atoms with Gasteiger partial charge in [0.2, 0.25) is 0 Å². The van der Waals surface area contributed by atoms with Crippen LogP contribution in [0.25, 0.3) is 16.6 Å². The number of fused-ring (bicyclic) bond motifs is 1. The first-order valence-corrected chi connectivity index (χ1v) is 10.2. The number of unbranched alkanes of at least 4 members (excludes halogenated alkanes) is 1. The summed E-state index contributed by atoms with van der Waals surface area (Å²) in [6.45, 7) is 8.67. The number of ether oxygens (including phenoxy) is 1. The number of hydrogen-bond donors (Lipinski definition) is 0. The molecule has 3 aromatic rings. The maximum Gasteiger partial charge on any atom is 0.120 e. The lowest BCUT2D eigenvalue weighted by Crippen LogP contribution is -2.19. The maximum atomic E-state index is 5.97. The molecule has 0 radical (unpaired) electrons. The first-order valence-electron chi connectivity index (χ1n) is 9.39. The van der Waals surface area contributed by atoms with E-state index in [4.69, 9.17) is 4.74 Å². The van der Waals surface area contributed by atoms with Gasteiger partial charge in [0.05, 0.1) is 12.1 Å². The summed E-state index contributed by atoms with van der Waals surface area (Å²) in [5.74, 6) is 0.940. The highest BCUT2D eigenvalue weighted by atomic mass is 79.9. The molecule has 0 bridgehead atoms. The predicted octanol–water partition coefficient (Wildman–Crippen LogP) is 5.98. The van der Waals surface area contributed by atoms with Crippen molar-refractivity contribution in [3.05, 3.63) is 71.4 Å². The van der Waals surface area contributed by atoms with Gasteiger partial charge in [0.1, 0.15) is 5.75 Å². The quantitative estimate of drug-likeness (QED) is 0.309. The number of aromatic nitrogens is 1. The van der Waals surface area contributed by atoms with Gasteiger partial charge in [-0.3, -0.25) is 0 Å². The van der Waals surface area contributed by atoms with Crippen LogP contribution in [0.4, 0.5) is 0 Å². The van der Waals surface area contributed by atoms with E-state index in [2.05, 4.69) is 94.5 Å². The van der Waals surface area contributed by atoms with Crippen LogP contribution in [-0.2, 0) is 0 Å². The van der Waals surface area contributed by atoms with Gasteiger partial charge in [-0.1, -0.05) is 22.0 Å². The maximum absolute atomic E-state index is 5.97. The molecule has 0 N–H and O–H groups in total. The van der Waals surface area contributed by atoms with E-state index in [0.29, 0.717) is 0 Å². The van der Waals surface area contributed by atoms with E-state index in [-0.39, 0.29) is 0 Å². The number of rotatable bonds is 9. The average Bonchev–Trinajstić information content (AvgIpc) is 2.97. The molecule has 0 aliphatic rings. The number of likely N-dealkylation sites (N-methyl/N-ethyl adjacent to an activating group) is 1. The number of halogens is 1. The van der Waals surface area contributed by atoms with Gasteiger partial charge in [0, 0.05) is 27.8 Å². The third-order valence-corrected chi connectivity index (χ3v) is 5.21. The van der Waals surface area contributed by atoms with E-state index < -0.39 is 0 Å². The van der Waals surface area contributed by atoms with Gasteiger partial charge >= 0.3 is 0 Å². The molecule has 2 aromatic carbocycles. The van der Waals surface area contributed by atoms with E-state index in [0.717, 1.165) is 42.8 Å². The molecular weight excluding hydrogens is 400 g/mol. The highest BCUT2D eigenvalue weighted by molar-refractivity contribution is 9.10. The zero-order chi connectivity index (χ0) is 19.2. The Hall–Kier alpha value is -2.04. The van der Waals surface area contributed by atoms with Crippen LogP contribution in [0.2, 0.25) is 0 Å². The summed E-state index contributed by atoms with van der Waals surface area (Å²) in [5, 5.41) is 1.21. The van der Waals surface area contributed by atoms with Crippen LogP contribution in [0, 0.1) is 6.92 Å². The van der Waals surface area contributed by atoms with Gasteiger partial charge in [0.15, 0.2) is 0 Å². The predicted molar refractivity (Wildman–Crippen MR) is 118 cm³/mol. The van der Waals surface area contributed by atoms with Crippen molar-refractivity contribution >= 4 is 26.8 Å². The summed E-state index contributed by atoms with van der Waals surface area (Å²) in [6.07, 6.45) is 4.12. The normalized spacial score (nSPS) is 11.3. The van der Waals surface area contributed by atoms with Gasteiger partial charge < -0.3 is 14.2 Å². The third kappa shape index (κ3) is 5.02. The topological polar surface area (TPSA) is 17.4 Å². The van der Waals surface area contributed by atoms with Crippen molar-refractivity contribution in [2.75, 3.05) is 26.7 Å². The molecular formula is C23H27BrN2O. The van der Waals surface area contributed by atoms with Crippen LogP contribution < -0.4 is 4.74 Å². The fourth-order valence-electron chi connectivity index (χ4n) is 3.34. The van der Waals surface area contributed by atoms with Crippen molar-refractivity contribution in [2.24, 2.45) is 0 Å². The summed E-state index contributed by atoms with van der Waals surface area (Å²) >= 11 is 3.50. The van der Waals surface area contributed by atoms with E-state index in [1.54, 1.807) is 0 Å². The molecule has 0 spiro atoms. The van der Waals surface area contributed by atoms with Crippen molar-refractivity contribution in [1.82, 2.24) is 9.47 Å². The molecule has 0 amide bonds. The number of benzene rings is 2. The summed E-state index contributed by atoms with van der Waals surface area (Å²) in [6, 6.07) is 17.0. The summed E-state index contributed by atoms with van der Waals surface area (Å²) in [7, 11) is 2.12. The molecule has 3 nitrogen and oxygen atoms in total. The van der Waals surface area contributed by atoms with Crippen LogP contribution in [-0.4, -0.2) is 36.2 Å². The largest absolute Gasteiger partial charge is 0.494 e. The zero-order valence-corrected chi connectivity index (χ0v) is 17.7. The van der Waals surface area contributed by atoms with Gasteiger partial charge in [-0.05, 0) is 81.9 Å². The highest BCUT2D eigenvalue weighted by Crippen LogP contribution is 2.28. The lowest BCUT2D eigenvalue weighted by atomic mass is 10.2. The van der Waals surface area contributed by atoms with Crippen LogP contribution >= 0.6 is 15.9 Å². The second-order valence-electron chi connectivity index (χ2n) is 6.92. The Kier molecular flexibility index (Phi) is 6.75. The SMILES string of the molecule is C=CCN(C)CCCCOc1ccc2c(c1)cc(C)n2-c1ccc(Br)cc1. The molecule has 3 rings (SSSR count). The first-order chi connectivity index (χ1) is 13.1. The third-order valence-electron chi connectivity index (χ3n) is 4.69. The number of nitrogens with zero attached hydrogens (tertiary/aromatic N) is 2. The van der Waals surface area contributed by atoms with Crippen molar-refractivity contribution in [3.63, 3.8) is 0 Å². The molecule has 0 fully saturated rings. The molecule has 0 saturated heterocycles. The highest BCUT2D eigenvalue weighted by Gasteiger charge is 2.09. The summed E-state index contributed by atoms with van der Waals surface area (Å²) < 4.78 is 9.34. The zero-order valence-electron chi connectivity index (χ0n) is 16.1. The average molecular weight is 427 g/mol. The summed E-state index contributed by atoms with van der Waals surface area (Å²) in [4.78, 5) is 2.27. The van der Waals surface area contributed by atoms with Crippen LogP contribution in [0.5, 0.6) is 5.75 Å². The Morgan fingerprint density at radius 2 is 1.89 bits per heavy atom. The monoisotopic (exact) mass is 426 g/mol. The molecule has 27 heavy (non-hydrogen) atoms. The van der Waals surface area contributed by atoms with Crippen LogP contribution in [0.15, 0.2) is 65.7 Å². The van der Waals surface area contributed by atoms with Crippen molar-refractivity contribution < 1.29 is 4.74 Å². The molecule has 0 atom stereocenters. The molecule has 1 heterocycles. The molecule has 0 saturated carbocycles. The fraction of sp³-hybridized carbons (Fsp3) is 0.304. The Labute approximate surface area is 170 Å². The van der Waals surface area contributed by atoms with Gasteiger partial charge in [-0.2, -0.15) is 0 Å². The summed E-state index contributed by atoms with van der Waals surface area (Å²) in [5.41, 5.74) is 3.59. The van der Waals surface area contributed by atoms with E-state index in [9.17, 15) is 0 Å². The van der Waals surface area contributed by atoms with Crippen LogP contribution in [0.3, 0.4) is 0 Å². The van der Waals surface area contributed by atoms with Crippen molar-refractivity contribution in [3.8, 4) is 11.4 Å². The molecule has 0 aliphatic heterocycles. The minimum atomic E-state index is 0.750. The second kappa shape index (κ2) is 9.25. The fourth-order valence-corrected chi connectivity index (χ4v) is 3.60. The van der Waals surface area contributed by atoms with Gasteiger partial charge in [-0.15, -0.1) is 6.58 Å². The second-order valence-corrected chi connectivity index (χ2v) is 7.84. The Bertz CT molecular complexity index is 899. The smallest absolute Gasteiger partial charge is 0.120 e. The van der Waals surface area contributed by atoms with Gasteiger partial charge in [0.25, 0.3) is 0 Å². The standard InChI is InChI=1S/C23H27BrN2O/c1-4-13-25(3)14-5-6-15-27-22-11-12-23-19(17-22)16-18(2)26(23)21-9-7-20(24)8-10-21/h4,7-12,16-17H,1,5-6,13-15H2,2-3H3. The molecule has 0 unspecified atom stereocenters. The lowest BCUT2D eigenvalue weighted by Gasteiger charge is -2.14. The van der Waals surface area contributed by atoms with Crippen molar-refractivity contribution in [1.29, 1.82) is 0 Å². The van der Waals surface area contributed by atoms with Crippen molar-refractivity contribution in [2.45, 2.75) is 19.8 Å². The lowest BCUT2D eigenvalue weighted by molar-refractivity contribution is 0.288. The Balaban J connectivity index is 1.64. The minimum Gasteiger partial charge on any atom is -0.494 e. The van der Waals surface area contributed by atoms with Gasteiger partial charge in [-0.25, -0.2) is 0 Å². The Morgan fingerprint density at radius 1 is 1.11 bits per heavy atom. The molecule has 142 valence electrons. The number of hydrogen-bond acceptors (Lipinski definition) is 2. The van der Waals surface area contributed by atoms with E-state index in [1.165, 1.54) is 22.3 Å². The van der Waals surface area contributed by atoms with E-state index in [1.807, 2.05) is 6.08 Å². The molecule has 1 aromatic heterocycles. The molecule has 4 heteroatoms. The minimum absolute atomic E-state index is 0.750.